The van der Waals surface area contributed by atoms with Crippen LogP contribution in [-0.2, 0) is 9.59 Å². The van der Waals surface area contributed by atoms with Crippen molar-refractivity contribution in [3.63, 3.8) is 0 Å². The number of nitrogens with one attached hydrogen (secondary N) is 1. The molecule has 0 aliphatic carbocycles. The highest BCUT2D eigenvalue weighted by molar-refractivity contribution is 8.00. The monoisotopic (exact) mass is 428 g/mol. The number of hydrogen-bond donors (Lipinski definition) is 1. The van der Waals surface area contributed by atoms with E-state index < -0.39 is 0 Å². The number of hydrogen-bond acceptors (Lipinski definition) is 5. The topological polar surface area (TPSA) is 67.9 Å². The number of carbonyl (C=O) groups excluding carboxylic acids is 2. The molecule has 0 unspecified atom stereocenters. The van der Waals surface area contributed by atoms with Crippen molar-refractivity contribution in [3.8, 4) is 11.5 Å². The second kappa shape index (κ2) is 10.9. The number of nitrogens with zero attached hydrogens (tertiary/aromatic N) is 1. The standard InChI is InChI=1S/C23H28N2O4S/c1-3-13-28-19-10-9-17(15-20(19)29-14-4-2)24-22(26)11-12-25-18-7-5-6-8-21(18)30-16-23(25)27/h5-10,15H,3-4,11-14,16H2,1-2H3,(H,24,26). The van der Waals surface area contributed by atoms with Gasteiger partial charge in [0.25, 0.3) is 0 Å². The summed E-state index contributed by atoms with van der Waals surface area (Å²) in [6.45, 7) is 5.62. The molecule has 0 saturated heterocycles. The number of benzene rings is 2. The van der Waals surface area contributed by atoms with Gasteiger partial charge in [-0.05, 0) is 37.1 Å². The Bertz CT molecular complexity index is 887. The number of rotatable bonds is 10. The fourth-order valence-corrected chi connectivity index (χ4v) is 4.01. The zero-order chi connectivity index (χ0) is 21.3. The minimum absolute atomic E-state index is 0.0270. The van der Waals surface area contributed by atoms with E-state index in [2.05, 4.69) is 5.32 Å². The van der Waals surface area contributed by atoms with Crippen molar-refractivity contribution in [1.82, 2.24) is 0 Å². The van der Waals surface area contributed by atoms with Crippen molar-refractivity contribution in [3.05, 3.63) is 42.5 Å². The molecule has 1 aliphatic heterocycles. The molecule has 3 rings (SSSR count). The van der Waals surface area contributed by atoms with E-state index in [4.69, 9.17) is 9.47 Å². The Morgan fingerprint density at radius 3 is 2.57 bits per heavy atom. The maximum atomic E-state index is 12.5. The molecular formula is C23H28N2O4S. The van der Waals surface area contributed by atoms with Crippen LogP contribution in [-0.4, -0.2) is 37.3 Å². The lowest BCUT2D eigenvalue weighted by molar-refractivity contribution is -0.117. The zero-order valence-electron chi connectivity index (χ0n) is 17.5. The summed E-state index contributed by atoms with van der Waals surface area (Å²) in [5.74, 6) is 1.58. The summed E-state index contributed by atoms with van der Waals surface area (Å²) in [7, 11) is 0. The van der Waals surface area contributed by atoms with Crippen molar-refractivity contribution in [1.29, 1.82) is 0 Å². The molecule has 0 atom stereocenters. The summed E-state index contributed by atoms with van der Waals surface area (Å²) >= 11 is 1.53. The highest BCUT2D eigenvalue weighted by atomic mass is 32.2. The van der Waals surface area contributed by atoms with Gasteiger partial charge in [-0.3, -0.25) is 9.59 Å². The van der Waals surface area contributed by atoms with E-state index in [9.17, 15) is 9.59 Å². The molecule has 30 heavy (non-hydrogen) atoms. The van der Waals surface area contributed by atoms with Crippen molar-refractivity contribution in [2.24, 2.45) is 0 Å². The van der Waals surface area contributed by atoms with Gasteiger partial charge in [0.1, 0.15) is 0 Å². The normalized spacial score (nSPS) is 13.0. The van der Waals surface area contributed by atoms with Crippen LogP contribution < -0.4 is 19.7 Å². The molecule has 2 amide bonds. The molecule has 6 nitrogen and oxygen atoms in total. The first-order valence-electron chi connectivity index (χ1n) is 10.3. The fraction of sp³-hybridized carbons (Fsp3) is 0.391. The van der Waals surface area contributed by atoms with Crippen LogP contribution in [0.3, 0.4) is 0 Å². The lowest BCUT2D eigenvalue weighted by Crippen LogP contribution is -2.37. The fourth-order valence-electron chi connectivity index (χ4n) is 3.08. The largest absolute Gasteiger partial charge is 0.490 e. The van der Waals surface area contributed by atoms with Gasteiger partial charge in [0, 0.05) is 29.6 Å². The van der Waals surface area contributed by atoms with Crippen LogP contribution in [0.1, 0.15) is 33.1 Å². The van der Waals surface area contributed by atoms with Crippen LogP contribution in [0.15, 0.2) is 47.4 Å². The van der Waals surface area contributed by atoms with E-state index in [1.807, 2.05) is 44.2 Å². The van der Waals surface area contributed by atoms with E-state index in [1.165, 1.54) is 11.8 Å². The molecule has 2 aromatic rings. The summed E-state index contributed by atoms with van der Waals surface area (Å²) in [6, 6.07) is 13.2. The molecular weight excluding hydrogens is 400 g/mol. The summed E-state index contributed by atoms with van der Waals surface area (Å²) in [6.07, 6.45) is 2.00. The van der Waals surface area contributed by atoms with Gasteiger partial charge in [-0.2, -0.15) is 0 Å². The van der Waals surface area contributed by atoms with E-state index in [-0.39, 0.29) is 18.2 Å². The average molecular weight is 429 g/mol. The Morgan fingerprint density at radius 2 is 1.80 bits per heavy atom. The molecule has 2 aromatic carbocycles. The Morgan fingerprint density at radius 1 is 1.07 bits per heavy atom. The number of anilines is 2. The van der Waals surface area contributed by atoms with Gasteiger partial charge < -0.3 is 19.7 Å². The van der Waals surface area contributed by atoms with Crippen molar-refractivity contribution in [2.45, 2.75) is 38.0 Å². The highest BCUT2D eigenvalue weighted by Crippen LogP contribution is 2.35. The Kier molecular flexibility index (Phi) is 8.02. The highest BCUT2D eigenvalue weighted by Gasteiger charge is 2.24. The summed E-state index contributed by atoms with van der Waals surface area (Å²) in [5.41, 5.74) is 1.52. The van der Waals surface area contributed by atoms with Gasteiger partial charge in [0.15, 0.2) is 11.5 Å². The van der Waals surface area contributed by atoms with Crippen molar-refractivity contribution >= 4 is 35.0 Å². The van der Waals surface area contributed by atoms with Crippen LogP contribution in [0.5, 0.6) is 11.5 Å². The van der Waals surface area contributed by atoms with Crippen molar-refractivity contribution in [2.75, 3.05) is 35.7 Å². The second-order valence-corrected chi connectivity index (χ2v) is 7.98. The number of para-hydroxylation sites is 1. The molecule has 1 heterocycles. The molecule has 160 valence electrons. The molecule has 0 radical (unpaired) electrons. The smallest absolute Gasteiger partial charge is 0.237 e. The third-order valence-corrected chi connectivity index (χ3v) is 5.57. The quantitative estimate of drug-likeness (QED) is 0.592. The molecule has 1 N–H and O–H groups in total. The number of thioether (sulfide) groups is 1. The minimum atomic E-state index is -0.151. The first kappa shape index (κ1) is 22.0. The lowest BCUT2D eigenvalue weighted by Gasteiger charge is -2.28. The van der Waals surface area contributed by atoms with Crippen LogP contribution in [0, 0.1) is 0 Å². The summed E-state index contributed by atoms with van der Waals surface area (Å²) < 4.78 is 11.5. The molecule has 1 aliphatic rings. The van der Waals surface area contributed by atoms with Gasteiger partial charge in [0.05, 0.1) is 24.7 Å². The number of amides is 2. The Hall–Kier alpha value is -2.67. The maximum Gasteiger partial charge on any atom is 0.237 e. The van der Waals surface area contributed by atoms with Crippen molar-refractivity contribution < 1.29 is 19.1 Å². The minimum Gasteiger partial charge on any atom is -0.490 e. The molecule has 0 saturated carbocycles. The SMILES string of the molecule is CCCOc1ccc(NC(=O)CCN2C(=O)CSc3ccccc32)cc1OCCC. The van der Waals surface area contributed by atoms with Crippen LogP contribution in [0.2, 0.25) is 0 Å². The molecule has 0 aromatic heterocycles. The summed E-state index contributed by atoms with van der Waals surface area (Å²) in [5, 5.41) is 2.90. The van der Waals surface area contributed by atoms with Crippen LogP contribution in [0.25, 0.3) is 0 Å². The van der Waals surface area contributed by atoms with E-state index >= 15 is 0 Å². The number of ether oxygens (including phenoxy) is 2. The van der Waals surface area contributed by atoms with Gasteiger partial charge in [0.2, 0.25) is 11.8 Å². The number of carbonyl (C=O) groups is 2. The van der Waals surface area contributed by atoms with Crippen LogP contribution in [0.4, 0.5) is 11.4 Å². The van der Waals surface area contributed by atoms with Gasteiger partial charge in [-0.15, -0.1) is 11.8 Å². The predicted octanol–water partition coefficient (Wildman–Crippen LogP) is 4.73. The van der Waals surface area contributed by atoms with Gasteiger partial charge in [-0.1, -0.05) is 26.0 Å². The first-order valence-corrected chi connectivity index (χ1v) is 11.3. The van der Waals surface area contributed by atoms with E-state index in [0.29, 0.717) is 42.7 Å². The maximum absolute atomic E-state index is 12.5. The number of fused-ring (bicyclic) bond motifs is 1. The molecule has 0 bridgehead atoms. The molecule has 7 heteroatoms. The summed E-state index contributed by atoms with van der Waals surface area (Å²) in [4.78, 5) is 27.6. The third kappa shape index (κ3) is 5.69. The Balaban J connectivity index is 1.62. The van der Waals surface area contributed by atoms with E-state index in [1.54, 1.807) is 17.0 Å². The zero-order valence-corrected chi connectivity index (χ0v) is 18.3. The average Bonchev–Trinajstić information content (AvgIpc) is 2.76. The lowest BCUT2D eigenvalue weighted by atomic mass is 10.2. The van der Waals surface area contributed by atoms with Crippen LogP contribution >= 0.6 is 11.8 Å². The van der Waals surface area contributed by atoms with Gasteiger partial charge in [-0.25, -0.2) is 0 Å². The Labute approximate surface area is 181 Å². The third-order valence-electron chi connectivity index (χ3n) is 4.52. The predicted molar refractivity (Wildman–Crippen MR) is 121 cm³/mol. The van der Waals surface area contributed by atoms with E-state index in [0.717, 1.165) is 23.4 Å². The molecule has 0 fully saturated rings. The van der Waals surface area contributed by atoms with Gasteiger partial charge >= 0.3 is 0 Å². The second-order valence-electron chi connectivity index (χ2n) is 6.96. The first-order chi connectivity index (χ1) is 14.6. The molecule has 0 spiro atoms.